The molecule has 1 aromatic carbocycles. The number of ether oxygens (including phenoxy) is 1. The van der Waals surface area contributed by atoms with Gasteiger partial charge >= 0.3 is 0 Å². The van der Waals surface area contributed by atoms with Gasteiger partial charge in [0.1, 0.15) is 17.1 Å². The predicted octanol–water partition coefficient (Wildman–Crippen LogP) is 2.91. The molecule has 5 atom stereocenters. The minimum Gasteiger partial charge on any atom is -0.497 e. The van der Waals surface area contributed by atoms with Crippen molar-refractivity contribution in [1.82, 2.24) is 19.9 Å². The number of nitrogens with one attached hydrogen (secondary N) is 2. The Kier molecular flexibility index (Phi) is 7.43. The number of aliphatic hydroxyl groups is 2. The number of anilines is 1. The molecule has 2 fully saturated rings. The second-order valence-corrected chi connectivity index (χ2v) is 11.6. The second-order valence-electron chi connectivity index (χ2n) is 11.2. The first kappa shape index (κ1) is 27.0. The Hall–Kier alpha value is -3.18. The molecular weight excluding hydrogens is 532 g/mol. The first-order chi connectivity index (χ1) is 19.4. The Morgan fingerprint density at radius 2 is 2.08 bits per heavy atom. The maximum Gasteiger partial charge on any atom is 0.223 e. The van der Waals surface area contributed by atoms with Crippen LogP contribution in [0.25, 0.3) is 22.6 Å². The fourth-order valence-electron chi connectivity index (χ4n) is 6.78. The van der Waals surface area contributed by atoms with E-state index in [1.165, 1.54) is 0 Å². The molecule has 1 saturated carbocycles. The Morgan fingerprint density at radius 3 is 2.80 bits per heavy atom. The summed E-state index contributed by atoms with van der Waals surface area (Å²) >= 11 is 6.66. The number of fused-ring (bicyclic) bond motifs is 3. The van der Waals surface area contributed by atoms with Crippen molar-refractivity contribution in [3.05, 3.63) is 47.1 Å². The molecule has 0 spiro atoms. The van der Waals surface area contributed by atoms with Crippen molar-refractivity contribution < 1.29 is 19.7 Å². The number of β-amino-alcohol motifs (C(OH)–C–C–N with tert-alkyl or cyclic N) is 1. The molecule has 6 N–H and O–H groups in total. The quantitative estimate of drug-likeness (QED) is 0.248. The molecule has 10 nitrogen and oxygen atoms in total. The summed E-state index contributed by atoms with van der Waals surface area (Å²) in [5, 5.41) is 23.1. The fourth-order valence-corrected chi connectivity index (χ4v) is 6.98. The third-order valence-corrected chi connectivity index (χ3v) is 9.08. The van der Waals surface area contributed by atoms with Crippen LogP contribution in [0.5, 0.6) is 5.75 Å². The number of H-pyrrole nitrogens is 1. The molecular formula is C29H35ClN6O4. The topological polar surface area (TPSA) is 150 Å². The lowest BCUT2D eigenvalue weighted by Crippen LogP contribution is -2.41. The lowest BCUT2D eigenvalue weighted by Gasteiger charge is -2.33. The van der Waals surface area contributed by atoms with E-state index in [1.54, 1.807) is 13.3 Å². The van der Waals surface area contributed by atoms with Crippen molar-refractivity contribution in [2.24, 2.45) is 23.5 Å². The maximum absolute atomic E-state index is 12.3. The average molecular weight is 567 g/mol. The van der Waals surface area contributed by atoms with Crippen LogP contribution in [0.4, 0.5) is 5.69 Å². The number of imidazole rings is 1. The van der Waals surface area contributed by atoms with Gasteiger partial charge in [0, 0.05) is 18.2 Å². The first-order valence-corrected chi connectivity index (χ1v) is 14.2. The Balaban J connectivity index is 1.32. The Morgan fingerprint density at radius 1 is 1.30 bits per heavy atom. The van der Waals surface area contributed by atoms with Crippen molar-refractivity contribution in [3.8, 4) is 17.1 Å². The number of primary amides is 1. The number of carbonyl (C=O) groups is 1. The van der Waals surface area contributed by atoms with Crippen LogP contribution in [0.15, 0.2) is 36.5 Å². The van der Waals surface area contributed by atoms with Crippen LogP contribution in [0.3, 0.4) is 0 Å². The van der Waals surface area contributed by atoms with E-state index in [0.29, 0.717) is 34.2 Å². The number of aromatic nitrogens is 3. The highest BCUT2D eigenvalue weighted by Gasteiger charge is 2.47. The van der Waals surface area contributed by atoms with Crippen LogP contribution in [-0.4, -0.2) is 81.5 Å². The Labute approximate surface area is 237 Å². The van der Waals surface area contributed by atoms with Crippen LogP contribution >= 0.6 is 11.6 Å². The largest absolute Gasteiger partial charge is 0.497 e. The van der Waals surface area contributed by atoms with Gasteiger partial charge in [0.05, 0.1) is 42.6 Å². The van der Waals surface area contributed by atoms with Crippen LogP contribution in [0.2, 0.25) is 5.02 Å². The van der Waals surface area contributed by atoms with E-state index in [-0.39, 0.29) is 42.2 Å². The zero-order valence-corrected chi connectivity index (χ0v) is 23.1. The third kappa shape index (κ3) is 4.94. The SMILES string of the molecule is COc1ccc(-c2nc3ncc(Cl)c(N[C@H]4C(C(N)=O)C5C=C[C@H]4C5)c3[nH]2)c(C2CCN(CC(O)CO)CC2)c1. The molecule has 3 heterocycles. The number of nitrogens with two attached hydrogens (primary N) is 1. The first-order valence-electron chi connectivity index (χ1n) is 13.8. The molecule has 1 aliphatic heterocycles. The van der Waals surface area contributed by atoms with Crippen molar-refractivity contribution in [3.63, 3.8) is 0 Å². The van der Waals surface area contributed by atoms with Gasteiger partial charge in [-0.05, 0) is 73.9 Å². The number of piperidine rings is 1. The van der Waals surface area contributed by atoms with Gasteiger partial charge in [-0.25, -0.2) is 9.97 Å². The number of aliphatic hydroxyl groups excluding tert-OH is 2. The molecule has 1 amide bonds. The number of hydrogen-bond donors (Lipinski definition) is 5. The predicted molar refractivity (Wildman–Crippen MR) is 153 cm³/mol. The monoisotopic (exact) mass is 566 g/mol. The van der Waals surface area contributed by atoms with Crippen molar-refractivity contribution >= 4 is 34.4 Å². The molecule has 2 aliphatic carbocycles. The molecule has 2 bridgehead atoms. The van der Waals surface area contributed by atoms with Crippen molar-refractivity contribution in [2.45, 2.75) is 37.3 Å². The van der Waals surface area contributed by atoms with Gasteiger partial charge in [-0.3, -0.25) is 4.79 Å². The highest BCUT2D eigenvalue weighted by Crippen LogP contribution is 2.46. The number of amides is 1. The van der Waals surface area contributed by atoms with Gasteiger partial charge in [0.25, 0.3) is 0 Å². The lowest BCUT2D eigenvalue weighted by molar-refractivity contribution is -0.122. The van der Waals surface area contributed by atoms with E-state index < -0.39 is 6.10 Å². The van der Waals surface area contributed by atoms with E-state index in [2.05, 4.69) is 38.4 Å². The van der Waals surface area contributed by atoms with Crippen molar-refractivity contribution in [1.29, 1.82) is 0 Å². The molecule has 212 valence electrons. The number of aromatic amines is 1. The normalized spacial score (nSPS) is 25.5. The molecule has 6 rings (SSSR count). The van der Waals surface area contributed by atoms with Gasteiger partial charge < -0.3 is 35.9 Å². The summed E-state index contributed by atoms with van der Waals surface area (Å²) in [4.78, 5) is 27.3. The number of rotatable bonds is 9. The fraction of sp³-hybridized carbons (Fsp3) is 0.483. The van der Waals surface area contributed by atoms with Crippen molar-refractivity contribution in [2.75, 3.05) is 38.7 Å². The summed E-state index contributed by atoms with van der Waals surface area (Å²) in [7, 11) is 1.66. The molecule has 0 radical (unpaired) electrons. The maximum atomic E-state index is 12.3. The molecule has 11 heteroatoms. The summed E-state index contributed by atoms with van der Waals surface area (Å²) in [5.74, 6) is 1.48. The van der Waals surface area contributed by atoms with Crippen LogP contribution in [0.1, 0.15) is 30.7 Å². The summed E-state index contributed by atoms with van der Waals surface area (Å²) < 4.78 is 5.56. The highest BCUT2D eigenvalue weighted by atomic mass is 35.5. The van der Waals surface area contributed by atoms with Gasteiger partial charge in [-0.15, -0.1) is 0 Å². The van der Waals surface area contributed by atoms with E-state index in [9.17, 15) is 15.0 Å². The number of benzene rings is 1. The Bertz CT molecular complexity index is 1440. The number of allylic oxidation sites excluding steroid dienone is 1. The number of nitrogens with zero attached hydrogens (tertiary/aromatic N) is 3. The highest BCUT2D eigenvalue weighted by molar-refractivity contribution is 6.34. The van der Waals surface area contributed by atoms with Gasteiger partial charge in [-0.2, -0.15) is 0 Å². The van der Waals surface area contributed by atoms with Gasteiger partial charge in [-0.1, -0.05) is 23.8 Å². The van der Waals surface area contributed by atoms with Crippen LogP contribution in [-0.2, 0) is 4.79 Å². The van der Waals surface area contributed by atoms with E-state index in [4.69, 9.17) is 27.1 Å². The molecule has 3 unspecified atom stereocenters. The number of likely N-dealkylation sites (tertiary alicyclic amines) is 1. The van der Waals surface area contributed by atoms with E-state index in [1.807, 2.05) is 12.1 Å². The zero-order chi connectivity index (χ0) is 28.0. The number of hydrogen-bond acceptors (Lipinski definition) is 8. The summed E-state index contributed by atoms with van der Waals surface area (Å²) in [5.41, 5.74) is 9.79. The standard InChI is InChI=1S/C29H35ClN6O4/c1-40-19-4-5-20(21(11-19)15-6-8-36(9-7-15)13-18(38)14-37)28-34-26-25(22(30)12-32-29(26)35-28)33-24-17-3-2-16(10-17)23(24)27(31)39/h2-5,11-12,15-18,23-24,37-38H,6-10,13-14H2,1H3,(H2,31,39)(H2,32,33,34,35)/t16?,17-,18?,23?,24+/m0/s1. The number of halogens is 1. The number of carbonyl (C=O) groups excluding carboxylic acids is 1. The number of methoxy groups -OCH3 is 1. The zero-order valence-electron chi connectivity index (χ0n) is 22.4. The second kappa shape index (κ2) is 11.0. The smallest absolute Gasteiger partial charge is 0.223 e. The van der Waals surface area contributed by atoms with Crippen LogP contribution in [0, 0.1) is 17.8 Å². The molecule has 1 saturated heterocycles. The lowest BCUT2D eigenvalue weighted by atomic mass is 9.86. The molecule has 3 aromatic rings. The molecule has 40 heavy (non-hydrogen) atoms. The van der Waals surface area contributed by atoms with Crippen LogP contribution < -0.4 is 15.8 Å². The number of pyridine rings is 1. The molecule has 2 aromatic heterocycles. The average Bonchev–Trinajstić information content (AvgIpc) is 3.69. The minimum absolute atomic E-state index is 0.145. The summed E-state index contributed by atoms with van der Waals surface area (Å²) in [6.07, 6.45) is 7.83. The van der Waals surface area contributed by atoms with E-state index in [0.717, 1.165) is 49.2 Å². The third-order valence-electron chi connectivity index (χ3n) is 8.79. The minimum atomic E-state index is -0.727. The van der Waals surface area contributed by atoms with E-state index >= 15 is 0 Å². The summed E-state index contributed by atoms with van der Waals surface area (Å²) in [6.45, 7) is 1.88. The molecule has 3 aliphatic rings. The van der Waals surface area contributed by atoms with Gasteiger partial charge in [0.15, 0.2) is 5.65 Å². The van der Waals surface area contributed by atoms with Gasteiger partial charge in [0.2, 0.25) is 5.91 Å². The summed E-state index contributed by atoms with van der Waals surface area (Å²) in [6, 6.07) is 5.88.